The lowest BCUT2D eigenvalue weighted by molar-refractivity contribution is 0.297. The zero-order valence-corrected chi connectivity index (χ0v) is 6.83. The van der Waals surface area contributed by atoms with Crippen molar-refractivity contribution in [1.82, 2.24) is 0 Å². The Labute approximate surface area is 66.5 Å². The van der Waals surface area contributed by atoms with E-state index in [1.54, 1.807) is 12.5 Å². The Morgan fingerprint density at radius 2 is 2.55 bits per heavy atom. The van der Waals surface area contributed by atoms with Gasteiger partial charge in [-0.2, -0.15) is 0 Å². The molecule has 1 rings (SSSR count). The molecule has 1 aromatic heterocycles. The van der Waals surface area contributed by atoms with E-state index in [1.165, 1.54) is 0 Å². The van der Waals surface area contributed by atoms with E-state index in [9.17, 15) is 0 Å². The topological polar surface area (TPSA) is 22.4 Å². The van der Waals surface area contributed by atoms with Crippen LogP contribution >= 0.6 is 0 Å². The van der Waals surface area contributed by atoms with Gasteiger partial charge in [-0.25, -0.2) is 0 Å². The molecule has 0 aromatic carbocycles. The van der Waals surface area contributed by atoms with Crippen molar-refractivity contribution in [3.05, 3.63) is 30.2 Å². The molecule has 11 heavy (non-hydrogen) atoms. The maximum Gasteiger partial charge on any atom is 0.125 e. The molecule has 0 aliphatic carbocycles. The number of furan rings is 1. The lowest BCUT2D eigenvalue weighted by Gasteiger charge is -2.03. The summed E-state index contributed by atoms with van der Waals surface area (Å²) in [6.45, 7) is 4.59. The van der Waals surface area contributed by atoms with Crippen LogP contribution in [0.25, 0.3) is 5.76 Å². The average Bonchev–Trinajstić information content (AvgIpc) is 2.52. The molecule has 0 aliphatic heterocycles. The summed E-state index contributed by atoms with van der Waals surface area (Å²) in [4.78, 5) is 0. The Bertz CT molecular complexity index is 222. The highest BCUT2D eigenvalue weighted by molar-refractivity contribution is 5.57. The molecule has 2 nitrogen and oxygen atoms in total. The molecule has 0 aliphatic rings. The normalized spacial score (nSPS) is 11.6. The molecule has 0 bridgehead atoms. The highest BCUT2D eigenvalue weighted by Crippen LogP contribution is 2.15. The van der Waals surface area contributed by atoms with Crippen molar-refractivity contribution in [3.8, 4) is 0 Å². The molecule has 0 fully saturated rings. The van der Waals surface area contributed by atoms with Crippen LogP contribution < -0.4 is 0 Å². The first-order valence-corrected chi connectivity index (χ1v) is 3.70. The van der Waals surface area contributed by atoms with Gasteiger partial charge in [0.2, 0.25) is 0 Å². The third-order valence-electron chi connectivity index (χ3n) is 1.37. The molecule has 2 heteroatoms. The van der Waals surface area contributed by atoms with Gasteiger partial charge >= 0.3 is 0 Å². The summed E-state index contributed by atoms with van der Waals surface area (Å²) >= 11 is 0. The molecule has 0 unspecified atom stereocenters. The Kier molecular flexibility index (Phi) is 2.78. The predicted molar refractivity (Wildman–Crippen MR) is 44.0 cm³/mol. The zero-order chi connectivity index (χ0) is 8.10. The smallest absolute Gasteiger partial charge is 0.125 e. The number of hydrogen-bond acceptors (Lipinski definition) is 2. The fourth-order valence-electron chi connectivity index (χ4n) is 0.894. The van der Waals surface area contributed by atoms with Crippen LogP contribution in [-0.2, 0) is 4.74 Å². The minimum Gasteiger partial charge on any atom is -0.493 e. The van der Waals surface area contributed by atoms with Crippen LogP contribution in [-0.4, -0.2) is 6.61 Å². The van der Waals surface area contributed by atoms with E-state index in [0.29, 0.717) is 6.61 Å². The van der Waals surface area contributed by atoms with Gasteiger partial charge in [-0.05, 0) is 26.0 Å². The monoisotopic (exact) mass is 152 g/mol. The molecular weight excluding hydrogens is 140 g/mol. The summed E-state index contributed by atoms with van der Waals surface area (Å²) in [5, 5.41) is 0. The van der Waals surface area contributed by atoms with E-state index in [0.717, 1.165) is 11.3 Å². The predicted octanol–water partition coefficient (Wildman–Crippen LogP) is 2.68. The molecule has 0 spiro atoms. The van der Waals surface area contributed by atoms with Gasteiger partial charge in [0.25, 0.3) is 0 Å². The van der Waals surface area contributed by atoms with Crippen molar-refractivity contribution >= 4 is 5.76 Å². The second kappa shape index (κ2) is 3.86. The van der Waals surface area contributed by atoms with Gasteiger partial charge in [-0.15, -0.1) is 0 Å². The van der Waals surface area contributed by atoms with Crippen LogP contribution in [0.15, 0.2) is 29.1 Å². The Morgan fingerprint density at radius 1 is 1.73 bits per heavy atom. The van der Waals surface area contributed by atoms with Gasteiger partial charge in [-0.1, -0.05) is 0 Å². The van der Waals surface area contributed by atoms with Crippen molar-refractivity contribution in [3.63, 3.8) is 0 Å². The summed E-state index contributed by atoms with van der Waals surface area (Å²) in [5.74, 6) is 0.876. The van der Waals surface area contributed by atoms with Crippen LogP contribution in [0.1, 0.15) is 19.4 Å². The third kappa shape index (κ3) is 1.87. The zero-order valence-electron chi connectivity index (χ0n) is 6.83. The molecule has 0 amide bonds. The van der Waals surface area contributed by atoms with Gasteiger partial charge in [0.1, 0.15) is 12.0 Å². The highest BCUT2D eigenvalue weighted by atomic mass is 16.5. The van der Waals surface area contributed by atoms with E-state index >= 15 is 0 Å². The SMILES string of the molecule is C/C=C(\OCC)c1ccoc1. The number of ether oxygens (including phenoxy) is 1. The van der Waals surface area contributed by atoms with Crippen molar-refractivity contribution in [2.24, 2.45) is 0 Å². The summed E-state index contributed by atoms with van der Waals surface area (Å²) in [6, 6.07) is 1.88. The summed E-state index contributed by atoms with van der Waals surface area (Å²) in [7, 11) is 0. The maximum atomic E-state index is 5.34. The standard InChI is InChI=1S/C9H12O2/c1-3-9(11-4-2)8-5-6-10-7-8/h3,5-7H,4H2,1-2H3/b9-3-. The molecule has 60 valence electrons. The van der Waals surface area contributed by atoms with Crippen molar-refractivity contribution in [2.75, 3.05) is 6.61 Å². The number of rotatable bonds is 3. The fraction of sp³-hybridized carbons (Fsp3) is 0.333. The molecule has 0 saturated heterocycles. The van der Waals surface area contributed by atoms with Crippen molar-refractivity contribution < 1.29 is 9.15 Å². The molecule has 0 radical (unpaired) electrons. The van der Waals surface area contributed by atoms with E-state index in [1.807, 2.05) is 26.0 Å². The van der Waals surface area contributed by atoms with Crippen LogP contribution in [0.5, 0.6) is 0 Å². The summed E-state index contributed by atoms with van der Waals surface area (Å²) in [5.41, 5.74) is 0.995. The second-order valence-corrected chi connectivity index (χ2v) is 2.10. The molecule has 0 N–H and O–H groups in total. The Hall–Kier alpha value is -1.18. The first-order chi connectivity index (χ1) is 5.38. The van der Waals surface area contributed by atoms with Crippen LogP contribution in [0.3, 0.4) is 0 Å². The van der Waals surface area contributed by atoms with Gasteiger partial charge in [0, 0.05) is 0 Å². The largest absolute Gasteiger partial charge is 0.493 e. The number of hydrogen-bond donors (Lipinski definition) is 0. The highest BCUT2D eigenvalue weighted by Gasteiger charge is 2.00. The van der Waals surface area contributed by atoms with Crippen LogP contribution in [0, 0.1) is 0 Å². The minimum absolute atomic E-state index is 0.685. The summed E-state index contributed by atoms with van der Waals surface area (Å²) < 4.78 is 10.3. The first-order valence-electron chi connectivity index (χ1n) is 3.70. The first kappa shape index (κ1) is 7.92. The Balaban J connectivity index is 2.72. The van der Waals surface area contributed by atoms with E-state index in [-0.39, 0.29) is 0 Å². The van der Waals surface area contributed by atoms with Crippen LogP contribution in [0.2, 0.25) is 0 Å². The van der Waals surface area contributed by atoms with E-state index < -0.39 is 0 Å². The molecule has 0 atom stereocenters. The van der Waals surface area contributed by atoms with Crippen LogP contribution in [0.4, 0.5) is 0 Å². The van der Waals surface area contributed by atoms with E-state index in [4.69, 9.17) is 9.15 Å². The second-order valence-electron chi connectivity index (χ2n) is 2.10. The quantitative estimate of drug-likeness (QED) is 0.621. The Morgan fingerprint density at radius 3 is 3.00 bits per heavy atom. The lowest BCUT2D eigenvalue weighted by Crippen LogP contribution is -1.88. The maximum absolute atomic E-state index is 5.34. The average molecular weight is 152 g/mol. The van der Waals surface area contributed by atoms with Gasteiger partial charge < -0.3 is 9.15 Å². The molecule has 0 saturated carbocycles. The van der Waals surface area contributed by atoms with E-state index in [2.05, 4.69) is 0 Å². The van der Waals surface area contributed by atoms with Gasteiger partial charge in [0.05, 0.1) is 18.4 Å². The minimum atomic E-state index is 0.685. The van der Waals surface area contributed by atoms with Crippen molar-refractivity contribution in [2.45, 2.75) is 13.8 Å². The van der Waals surface area contributed by atoms with Crippen molar-refractivity contribution in [1.29, 1.82) is 0 Å². The number of allylic oxidation sites excluding steroid dienone is 1. The van der Waals surface area contributed by atoms with Gasteiger partial charge in [-0.3, -0.25) is 0 Å². The van der Waals surface area contributed by atoms with Gasteiger partial charge in [0.15, 0.2) is 0 Å². The third-order valence-corrected chi connectivity index (χ3v) is 1.37. The fourth-order valence-corrected chi connectivity index (χ4v) is 0.894. The lowest BCUT2D eigenvalue weighted by atomic mass is 10.3. The summed E-state index contributed by atoms with van der Waals surface area (Å²) in [6.07, 6.45) is 5.23. The molecule has 1 heterocycles. The molecular formula is C9H12O2. The molecule has 1 aromatic rings.